The molecule has 0 aromatic heterocycles. The summed E-state index contributed by atoms with van der Waals surface area (Å²) in [4.78, 5) is 2.43. The fraction of sp³-hybridized carbons (Fsp3) is 0.400. The minimum atomic E-state index is 0.822. The zero-order valence-corrected chi connectivity index (χ0v) is 7.72. The summed E-state index contributed by atoms with van der Waals surface area (Å²) in [6.45, 7) is 3.59. The van der Waals surface area contributed by atoms with Crippen LogP contribution in [0.1, 0.15) is 12.0 Å². The van der Waals surface area contributed by atoms with Crippen LogP contribution in [0.3, 0.4) is 0 Å². The van der Waals surface area contributed by atoms with Crippen molar-refractivity contribution in [1.82, 2.24) is 4.90 Å². The average molecular weight is 182 g/mol. The van der Waals surface area contributed by atoms with Gasteiger partial charge >= 0.3 is 0 Å². The third kappa shape index (κ3) is 1.79. The zero-order chi connectivity index (χ0) is 8.39. The van der Waals surface area contributed by atoms with E-state index in [4.69, 9.17) is 11.6 Å². The topological polar surface area (TPSA) is 3.24 Å². The summed E-state index contributed by atoms with van der Waals surface area (Å²) in [5, 5.41) is 0.822. The van der Waals surface area contributed by atoms with Gasteiger partial charge in [-0.3, -0.25) is 4.90 Å². The molecule has 2 heteroatoms. The lowest BCUT2D eigenvalue weighted by molar-refractivity contribution is 0.172. The lowest BCUT2D eigenvalue weighted by Gasteiger charge is -2.30. The van der Waals surface area contributed by atoms with E-state index in [9.17, 15) is 0 Å². The molecule has 2 rings (SSSR count). The van der Waals surface area contributed by atoms with Crippen LogP contribution in [-0.2, 0) is 6.54 Å². The standard InChI is InChI=1S/C10H12ClN/c11-10-4-2-9(3-5-10)8-12-6-1-7-12/h2-5H,1,6-8H2. The van der Waals surface area contributed by atoms with Crippen LogP contribution in [0.25, 0.3) is 0 Å². The van der Waals surface area contributed by atoms with Crippen LogP contribution in [0.5, 0.6) is 0 Å². The molecule has 0 atom stereocenters. The summed E-state index contributed by atoms with van der Waals surface area (Å²) >= 11 is 5.78. The van der Waals surface area contributed by atoms with Crippen LogP contribution in [0.2, 0.25) is 5.02 Å². The third-order valence-corrected chi connectivity index (χ3v) is 2.52. The van der Waals surface area contributed by atoms with Crippen molar-refractivity contribution in [3.63, 3.8) is 0 Å². The fourth-order valence-corrected chi connectivity index (χ4v) is 1.51. The van der Waals surface area contributed by atoms with Crippen molar-refractivity contribution in [2.75, 3.05) is 13.1 Å². The smallest absolute Gasteiger partial charge is 0.0406 e. The van der Waals surface area contributed by atoms with E-state index in [1.54, 1.807) is 0 Å². The number of hydrogen-bond donors (Lipinski definition) is 0. The third-order valence-electron chi connectivity index (χ3n) is 2.27. The molecule has 1 saturated heterocycles. The van der Waals surface area contributed by atoms with Crippen LogP contribution in [0.15, 0.2) is 24.3 Å². The average Bonchev–Trinajstić information content (AvgIpc) is 2.00. The first-order valence-electron chi connectivity index (χ1n) is 4.31. The number of nitrogens with zero attached hydrogens (tertiary/aromatic N) is 1. The van der Waals surface area contributed by atoms with Gasteiger partial charge in [0, 0.05) is 11.6 Å². The lowest BCUT2D eigenvalue weighted by Crippen LogP contribution is -2.36. The molecule has 0 unspecified atom stereocenters. The molecule has 1 nitrogen and oxygen atoms in total. The summed E-state index contributed by atoms with van der Waals surface area (Å²) in [6.07, 6.45) is 1.35. The monoisotopic (exact) mass is 181 g/mol. The van der Waals surface area contributed by atoms with Gasteiger partial charge in [-0.1, -0.05) is 23.7 Å². The molecule has 0 radical (unpaired) electrons. The molecule has 0 spiro atoms. The summed E-state index contributed by atoms with van der Waals surface area (Å²) in [5.41, 5.74) is 1.36. The molecule has 0 aliphatic carbocycles. The van der Waals surface area contributed by atoms with E-state index in [1.165, 1.54) is 25.1 Å². The zero-order valence-electron chi connectivity index (χ0n) is 6.96. The maximum Gasteiger partial charge on any atom is 0.0406 e. The second-order valence-electron chi connectivity index (χ2n) is 3.26. The number of benzene rings is 1. The van der Waals surface area contributed by atoms with Crippen molar-refractivity contribution >= 4 is 11.6 Å². The number of halogens is 1. The first kappa shape index (κ1) is 8.09. The second kappa shape index (κ2) is 3.46. The Hall–Kier alpha value is -0.530. The summed E-state index contributed by atoms with van der Waals surface area (Å²) in [5.74, 6) is 0. The van der Waals surface area contributed by atoms with Gasteiger partial charge in [-0.05, 0) is 37.2 Å². The van der Waals surface area contributed by atoms with Crippen molar-refractivity contribution in [3.05, 3.63) is 34.9 Å². The predicted octanol–water partition coefficient (Wildman–Crippen LogP) is 2.55. The number of rotatable bonds is 2. The molecule has 64 valence electrons. The number of hydrogen-bond acceptors (Lipinski definition) is 1. The van der Waals surface area contributed by atoms with Gasteiger partial charge in [-0.25, -0.2) is 0 Å². The van der Waals surface area contributed by atoms with Crippen molar-refractivity contribution < 1.29 is 0 Å². The Morgan fingerprint density at radius 1 is 1.17 bits per heavy atom. The maximum absolute atomic E-state index is 5.78. The van der Waals surface area contributed by atoms with Gasteiger partial charge in [0.15, 0.2) is 0 Å². The van der Waals surface area contributed by atoms with E-state index in [0.29, 0.717) is 0 Å². The molecular weight excluding hydrogens is 170 g/mol. The Morgan fingerprint density at radius 2 is 1.83 bits per heavy atom. The van der Waals surface area contributed by atoms with Crippen molar-refractivity contribution in [2.24, 2.45) is 0 Å². The lowest BCUT2D eigenvalue weighted by atomic mass is 10.1. The predicted molar refractivity (Wildman–Crippen MR) is 51.3 cm³/mol. The van der Waals surface area contributed by atoms with Crippen LogP contribution >= 0.6 is 11.6 Å². The molecule has 0 bridgehead atoms. The Balaban J connectivity index is 1.98. The molecule has 1 aromatic rings. The Bertz CT molecular complexity index is 251. The maximum atomic E-state index is 5.78. The first-order chi connectivity index (χ1) is 5.84. The highest BCUT2D eigenvalue weighted by molar-refractivity contribution is 6.30. The van der Waals surface area contributed by atoms with Crippen LogP contribution in [0.4, 0.5) is 0 Å². The van der Waals surface area contributed by atoms with Crippen LogP contribution in [0, 0.1) is 0 Å². The van der Waals surface area contributed by atoms with Crippen LogP contribution in [-0.4, -0.2) is 18.0 Å². The number of likely N-dealkylation sites (tertiary alicyclic amines) is 1. The van der Waals surface area contributed by atoms with E-state index in [2.05, 4.69) is 17.0 Å². The second-order valence-corrected chi connectivity index (χ2v) is 3.69. The van der Waals surface area contributed by atoms with Gasteiger partial charge in [0.25, 0.3) is 0 Å². The van der Waals surface area contributed by atoms with Crippen molar-refractivity contribution in [3.8, 4) is 0 Å². The van der Waals surface area contributed by atoms with Crippen molar-refractivity contribution in [2.45, 2.75) is 13.0 Å². The van der Waals surface area contributed by atoms with Gasteiger partial charge in [0.05, 0.1) is 0 Å². The highest BCUT2D eigenvalue weighted by Gasteiger charge is 2.12. The van der Waals surface area contributed by atoms with E-state index in [1.807, 2.05) is 12.1 Å². The van der Waals surface area contributed by atoms with Gasteiger partial charge in [-0.2, -0.15) is 0 Å². The molecule has 12 heavy (non-hydrogen) atoms. The molecular formula is C10H12ClN. The van der Waals surface area contributed by atoms with E-state index in [-0.39, 0.29) is 0 Å². The first-order valence-corrected chi connectivity index (χ1v) is 4.69. The summed E-state index contributed by atoms with van der Waals surface area (Å²) < 4.78 is 0. The van der Waals surface area contributed by atoms with Crippen molar-refractivity contribution in [1.29, 1.82) is 0 Å². The molecule has 0 saturated carbocycles. The molecule has 1 aliphatic heterocycles. The molecule has 0 amide bonds. The van der Waals surface area contributed by atoms with E-state index < -0.39 is 0 Å². The SMILES string of the molecule is Clc1ccc(CN2CCC2)cc1. The minimum absolute atomic E-state index is 0.822. The molecule has 1 heterocycles. The fourth-order valence-electron chi connectivity index (χ4n) is 1.39. The summed E-state index contributed by atoms with van der Waals surface area (Å²) in [7, 11) is 0. The van der Waals surface area contributed by atoms with E-state index >= 15 is 0 Å². The van der Waals surface area contributed by atoms with E-state index in [0.717, 1.165) is 11.6 Å². The van der Waals surface area contributed by atoms with Gasteiger partial charge < -0.3 is 0 Å². The highest BCUT2D eigenvalue weighted by Crippen LogP contribution is 2.14. The van der Waals surface area contributed by atoms with Gasteiger partial charge in [0.2, 0.25) is 0 Å². The molecule has 0 N–H and O–H groups in total. The van der Waals surface area contributed by atoms with Gasteiger partial charge in [-0.15, -0.1) is 0 Å². The summed E-state index contributed by atoms with van der Waals surface area (Å²) in [6, 6.07) is 8.11. The normalized spacial score (nSPS) is 17.4. The van der Waals surface area contributed by atoms with Gasteiger partial charge in [0.1, 0.15) is 0 Å². The molecule has 1 fully saturated rings. The highest BCUT2D eigenvalue weighted by atomic mass is 35.5. The molecule has 1 aromatic carbocycles. The Labute approximate surface area is 77.9 Å². The Kier molecular flexibility index (Phi) is 2.33. The Morgan fingerprint density at radius 3 is 2.33 bits per heavy atom. The molecule has 1 aliphatic rings. The minimum Gasteiger partial charge on any atom is -0.299 e. The van der Waals surface area contributed by atoms with Crippen LogP contribution < -0.4 is 0 Å². The largest absolute Gasteiger partial charge is 0.299 e. The quantitative estimate of drug-likeness (QED) is 0.678.